The molecule has 0 spiro atoms. The number of ether oxygens (including phenoxy) is 1. The molecule has 4 heteroatoms. The van der Waals surface area contributed by atoms with E-state index in [1.165, 1.54) is 0 Å². The number of rotatable bonds is 2. The molecule has 20 heavy (non-hydrogen) atoms. The second-order valence-electron chi connectivity index (χ2n) is 4.81. The molecule has 2 aromatic rings. The molecule has 1 amide bonds. The molecule has 1 N–H and O–H groups in total. The second-order valence-corrected chi connectivity index (χ2v) is 5.25. The van der Waals surface area contributed by atoms with Gasteiger partial charge in [0.15, 0.2) is 6.61 Å². The number of amides is 1. The third-order valence-corrected chi connectivity index (χ3v) is 3.88. The number of hydrogen-bond acceptors (Lipinski definition) is 2. The molecule has 0 saturated carbocycles. The van der Waals surface area contributed by atoms with Gasteiger partial charge < -0.3 is 10.1 Å². The molecule has 0 aliphatic carbocycles. The molecule has 3 nitrogen and oxygen atoms in total. The number of fused-ring (bicyclic) bond motifs is 1. The number of benzene rings is 2. The molecule has 0 saturated heterocycles. The molecule has 3 rings (SSSR count). The van der Waals surface area contributed by atoms with Crippen LogP contribution in [0.4, 0.5) is 5.69 Å². The predicted molar refractivity (Wildman–Crippen MR) is 79.4 cm³/mol. The summed E-state index contributed by atoms with van der Waals surface area (Å²) in [4.78, 5) is 11.4. The topological polar surface area (TPSA) is 38.3 Å². The van der Waals surface area contributed by atoms with Crippen LogP contribution < -0.4 is 10.1 Å². The zero-order chi connectivity index (χ0) is 14.1. The van der Waals surface area contributed by atoms with E-state index in [9.17, 15) is 4.79 Å². The fourth-order valence-corrected chi connectivity index (χ4v) is 2.69. The van der Waals surface area contributed by atoms with E-state index in [2.05, 4.69) is 5.32 Å². The number of anilines is 1. The van der Waals surface area contributed by atoms with Crippen LogP contribution in [0.5, 0.6) is 5.75 Å². The molecule has 1 aliphatic rings. The average Bonchev–Trinajstić information content (AvgIpc) is 2.46. The number of carbonyl (C=O) groups is 1. The lowest BCUT2D eigenvalue weighted by atomic mass is 9.99. The molecule has 2 aromatic carbocycles. The molecule has 0 fully saturated rings. The Morgan fingerprint density at radius 1 is 1.25 bits per heavy atom. The standard InChI is InChI=1S/C16H14ClNO2/c1-10-4-2-3-5-12(10)16(17)11-6-7-14-13(8-11)18-15(19)9-20-14/h2-8,16H,9H2,1H3,(H,18,19). The van der Waals surface area contributed by atoms with Gasteiger partial charge in [-0.05, 0) is 35.7 Å². The average molecular weight is 288 g/mol. The van der Waals surface area contributed by atoms with Gasteiger partial charge in [-0.25, -0.2) is 0 Å². The number of halogens is 1. The van der Waals surface area contributed by atoms with Crippen LogP contribution in [0.15, 0.2) is 42.5 Å². The second kappa shape index (κ2) is 5.17. The van der Waals surface area contributed by atoms with Crippen molar-refractivity contribution in [3.05, 3.63) is 59.2 Å². The maximum atomic E-state index is 11.4. The normalized spacial score (nSPS) is 15.0. The summed E-state index contributed by atoms with van der Waals surface area (Å²) < 4.78 is 5.34. The van der Waals surface area contributed by atoms with Crippen molar-refractivity contribution in [3.63, 3.8) is 0 Å². The van der Waals surface area contributed by atoms with Gasteiger partial charge in [-0.1, -0.05) is 30.3 Å². The van der Waals surface area contributed by atoms with Crippen molar-refractivity contribution >= 4 is 23.2 Å². The Labute approximate surface area is 122 Å². The molecule has 1 unspecified atom stereocenters. The van der Waals surface area contributed by atoms with E-state index in [0.717, 1.165) is 16.7 Å². The van der Waals surface area contributed by atoms with Crippen LogP contribution in [-0.2, 0) is 4.79 Å². The summed E-state index contributed by atoms with van der Waals surface area (Å²) in [5.41, 5.74) is 3.83. The van der Waals surface area contributed by atoms with E-state index in [0.29, 0.717) is 11.4 Å². The summed E-state index contributed by atoms with van der Waals surface area (Å²) in [5, 5.41) is 2.55. The molecule has 0 radical (unpaired) electrons. The van der Waals surface area contributed by atoms with Gasteiger partial charge in [0.05, 0.1) is 11.1 Å². The van der Waals surface area contributed by atoms with Crippen LogP contribution in [0.25, 0.3) is 0 Å². The van der Waals surface area contributed by atoms with Gasteiger partial charge in [-0.2, -0.15) is 0 Å². The van der Waals surface area contributed by atoms with Gasteiger partial charge in [0.2, 0.25) is 0 Å². The number of carbonyl (C=O) groups excluding carboxylic acids is 1. The smallest absolute Gasteiger partial charge is 0.262 e. The summed E-state index contributed by atoms with van der Waals surface area (Å²) in [6.45, 7) is 2.10. The Balaban J connectivity index is 1.97. The Morgan fingerprint density at radius 3 is 2.85 bits per heavy atom. The van der Waals surface area contributed by atoms with Crippen molar-refractivity contribution < 1.29 is 9.53 Å². The predicted octanol–water partition coefficient (Wildman–Crippen LogP) is 3.65. The molecule has 1 aliphatic heterocycles. The Bertz CT molecular complexity index is 669. The molecule has 0 aromatic heterocycles. The van der Waals surface area contributed by atoms with E-state index in [4.69, 9.17) is 16.3 Å². The van der Waals surface area contributed by atoms with Gasteiger partial charge in [-0.15, -0.1) is 11.6 Å². The monoisotopic (exact) mass is 287 g/mol. The highest BCUT2D eigenvalue weighted by Crippen LogP contribution is 2.36. The zero-order valence-corrected chi connectivity index (χ0v) is 11.8. The van der Waals surface area contributed by atoms with Crippen molar-refractivity contribution in [1.29, 1.82) is 0 Å². The van der Waals surface area contributed by atoms with E-state index in [-0.39, 0.29) is 17.9 Å². The number of nitrogens with one attached hydrogen (secondary N) is 1. The zero-order valence-electron chi connectivity index (χ0n) is 11.0. The van der Waals surface area contributed by atoms with Crippen LogP contribution in [0.3, 0.4) is 0 Å². The first-order valence-corrected chi connectivity index (χ1v) is 6.85. The first-order valence-electron chi connectivity index (χ1n) is 6.41. The molecule has 1 atom stereocenters. The van der Waals surface area contributed by atoms with Crippen LogP contribution in [0, 0.1) is 6.92 Å². The first-order chi connectivity index (χ1) is 9.65. The minimum atomic E-state index is -0.250. The quantitative estimate of drug-likeness (QED) is 0.856. The largest absolute Gasteiger partial charge is 0.482 e. The molecule has 102 valence electrons. The highest BCUT2D eigenvalue weighted by molar-refractivity contribution is 6.22. The fraction of sp³-hybridized carbons (Fsp3) is 0.188. The summed E-state index contributed by atoms with van der Waals surface area (Å²) in [6, 6.07) is 13.7. The summed E-state index contributed by atoms with van der Waals surface area (Å²) in [5.74, 6) is 0.540. The minimum Gasteiger partial charge on any atom is -0.482 e. The Hall–Kier alpha value is -2.00. The van der Waals surface area contributed by atoms with Crippen molar-refractivity contribution in [2.75, 3.05) is 11.9 Å². The lowest BCUT2D eigenvalue weighted by Crippen LogP contribution is -2.25. The molecular weight excluding hydrogens is 274 g/mol. The third kappa shape index (κ3) is 2.37. The van der Waals surface area contributed by atoms with Crippen molar-refractivity contribution in [2.24, 2.45) is 0 Å². The van der Waals surface area contributed by atoms with Crippen LogP contribution in [-0.4, -0.2) is 12.5 Å². The number of aryl methyl sites for hydroxylation is 1. The SMILES string of the molecule is Cc1ccccc1C(Cl)c1ccc2c(c1)NC(=O)CO2. The van der Waals surface area contributed by atoms with Crippen molar-refractivity contribution in [1.82, 2.24) is 0 Å². The molecular formula is C16H14ClNO2. The summed E-state index contributed by atoms with van der Waals surface area (Å²) >= 11 is 6.56. The summed E-state index contributed by atoms with van der Waals surface area (Å²) in [6.07, 6.45) is 0. The van der Waals surface area contributed by atoms with Gasteiger partial charge in [0, 0.05) is 0 Å². The van der Waals surface area contributed by atoms with Gasteiger partial charge in [0.25, 0.3) is 5.91 Å². The Morgan fingerprint density at radius 2 is 2.05 bits per heavy atom. The van der Waals surface area contributed by atoms with E-state index >= 15 is 0 Å². The van der Waals surface area contributed by atoms with Gasteiger partial charge in [-0.3, -0.25) is 4.79 Å². The van der Waals surface area contributed by atoms with Crippen LogP contribution >= 0.6 is 11.6 Å². The number of hydrogen-bond donors (Lipinski definition) is 1. The highest BCUT2D eigenvalue weighted by atomic mass is 35.5. The molecule has 0 bridgehead atoms. The highest BCUT2D eigenvalue weighted by Gasteiger charge is 2.19. The third-order valence-electron chi connectivity index (χ3n) is 3.39. The van der Waals surface area contributed by atoms with Crippen LogP contribution in [0.1, 0.15) is 22.1 Å². The maximum Gasteiger partial charge on any atom is 0.262 e. The van der Waals surface area contributed by atoms with Crippen LogP contribution in [0.2, 0.25) is 0 Å². The summed E-state index contributed by atoms with van der Waals surface area (Å²) in [7, 11) is 0. The van der Waals surface area contributed by atoms with E-state index in [1.54, 1.807) is 0 Å². The van der Waals surface area contributed by atoms with E-state index < -0.39 is 0 Å². The van der Waals surface area contributed by atoms with E-state index in [1.807, 2.05) is 49.4 Å². The lowest BCUT2D eigenvalue weighted by molar-refractivity contribution is -0.118. The lowest BCUT2D eigenvalue weighted by Gasteiger charge is -2.20. The minimum absolute atomic E-state index is 0.0639. The Kier molecular flexibility index (Phi) is 3.36. The fourth-order valence-electron chi connectivity index (χ4n) is 2.31. The molecule has 1 heterocycles. The van der Waals surface area contributed by atoms with Crippen molar-refractivity contribution in [2.45, 2.75) is 12.3 Å². The first kappa shape index (κ1) is 13.0. The maximum absolute atomic E-state index is 11.4. The van der Waals surface area contributed by atoms with Crippen molar-refractivity contribution in [3.8, 4) is 5.75 Å². The number of alkyl halides is 1. The van der Waals surface area contributed by atoms with Gasteiger partial charge >= 0.3 is 0 Å². The van der Waals surface area contributed by atoms with Gasteiger partial charge in [0.1, 0.15) is 5.75 Å².